The van der Waals surface area contributed by atoms with E-state index in [9.17, 15) is 14.4 Å². The monoisotopic (exact) mass is 498 g/mol. The smallest absolute Gasteiger partial charge is 0.333 e. The first kappa shape index (κ1) is 30.9. The zero-order valence-corrected chi connectivity index (χ0v) is 22.9. The Morgan fingerprint density at radius 3 is 1.78 bits per heavy atom. The number of benzene rings is 1. The summed E-state index contributed by atoms with van der Waals surface area (Å²) >= 11 is 0. The number of fused-ring (bicyclic) bond motifs is 2. The fraction of sp³-hybridized carbons (Fsp3) is 0.500. The fourth-order valence-corrected chi connectivity index (χ4v) is 4.56. The van der Waals surface area contributed by atoms with Gasteiger partial charge in [-0.3, -0.25) is 0 Å². The Hall–Kier alpha value is -3.15. The number of rotatable bonds is 6. The Balaban J connectivity index is 0.000000292. The van der Waals surface area contributed by atoms with Gasteiger partial charge in [0.1, 0.15) is 12.7 Å². The van der Waals surface area contributed by atoms with Crippen molar-refractivity contribution in [3.05, 3.63) is 72.4 Å². The average Bonchev–Trinajstić information content (AvgIpc) is 3.16. The summed E-state index contributed by atoms with van der Waals surface area (Å²) in [6.45, 7) is 22.7. The van der Waals surface area contributed by atoms with Crippen LogP contribution >= 0.6 is 0 Å². The first-order valence-corrected chi connectivity index (χ1v) is 12.1. The summed E-state index contributed by atoms with van der Waals surface area (Å²) in [5.74, 6) is -0.209. The van der Waals surface area contributed by atoms with Crippen LogP contribution in [0, 0.1) is 16.7 Å². The minimum absolute atomic E-state index is 0.0884. The predicted octanol–water partition coefficient (Wildman–Crippen LogP) is 6.36. The van der Waals surface area contributed by atoms with Crippen LogP contribution in [-0.2, 0) is 35.2 Å². The molecule has 3 atom stereocenters. The van der Waals surface area contributed by atoms with Crippen molar-refractivity contribution in [3.8, 4) is 0 Å². The van der Waals surface area contributed by atoms with Gasteiger partial charge in [0.05, 0.1) is 7.11 Å². The Kier molecular flexibility index (Phi) is 11.4. The number of hydrogen-bond donors (Lipinski definition) is 0. The standard InChI is InChI=1S/C14H22O2.C11H12O2.C5H8O2/c1-9(2)12(15)16-11-8-10-6-7-14(11,5)13(10,3)4;1-9(2)11(12)13-8-10-6-4-3-5-7-10;1-4(2)5(6)7-3/h10-11H,1,6-8H2,2-5H3;3-7H,1,8H2,2H3;1H2,2-3H3. The summed E-state index contributed by atoms with van der Waals surface area (Å²) in [4.78, 5) is 32.8. The molecular formula is C30H42O6. The van der Waals surface area contributed by atoms with Crippen LogP contribution in [0.1, 0.15) is 66.4 Å². The van der Waals surface area contributed by atoms with Gasteiger partial charge in [-0.2, -0.15) is 0 Å². The van der Waals surface area contributed by atoms with Crippen LogP contribution in [0.5, 0.6) is 0 Å². The molecule has 1 aromatic carbocycles. The van der Waals surface area contributed by atoms with E-state index in [1.54, 1.807) is 20.8 Å². The number of esters is 3. The molecule has 198 valence electrons. The van der Waals surface area contributed by atoms with Crippen LogP contribution in [0.15, 0.2) is 66.8 Å². The third kappa shape index (κ3) is 7.94. The van der Waals surface area contributed by atoms with Gasteiger partial charge in [-0.15, -0.1) is 0 Å². The molecule has 2 aliphatic carbocycles. The van der Waals surface area contributed by atoms with Crippen LogP contribution in [0.2, 0.25) is 0 Å². The second kappa shape index (κ2) is 13.2. The molecule has 0 aliphatic heterocycles. The Morgan fingerprint density at radius 1 is 0.889 bits per heavy atom. The lowest BCUT2D eigenvalue weighted by Gasteiger charge is -2.38. The van der Waals surface area contributed by atoms with Crippen LogP contribution in [-0.4, -0.2) is 31.1 Å². The molecule has 0 amide bonds. The molecule has 3 rings (SSSR count). The number of hydrogen-bond acceptors (Lipinski definition) is 6. The van der Waals surface area contributed by atoms with Crippen LogP contribution in [0.25, 0.3) is 0 Å². The highest BCUT2D eigenvalue weighted by atomic mass is 16.5. The van der Waals surface area contributed by atoms with Gasteiger partial charge in [-0.05, 0) is 56.9 Å². The van der Waals surface area contributed by atoms with Crippen molar-refractivity contribution < 1.29 is 28.6 Å². The average molecular weight is 499 g/mol. The van der Waals surface area contributed by atoms with Gasteiger partial charge in [-0.25, -0.2) is 14.4 Å². The fourth-order valence-electron chi connectivity index (χ4n) is 4.56. The number of methoxy groups -OCH3 is 1. The van der Waals surface area contributed by atoms with Gasteiger partial charge in [0.25, 0.3) is 0 Å². The molecule has 0 spiro atoms. The Morgan fingerprint density at radius 2 is 1.42 bits per heavy atom. The largest absolute Gasteiger partial charge is 0.466 e. The molecule has 0 radical (unpaired) electrons. The number of ether oxygens (including phenoxy) is 3. The summed E-state index contributed by atoms with van der Waals surface area (Å²) in [5.41, 5.74) is 2.80. The molecule has 6 nitrogen and oxygen atoms in total. The van der Waals surface area contributed by atoms with Crippen molar-refractivity contribution >= 4 is 17.9 Å². The summed E-state index contributed by atoms with van der Waals surface area (Å²) in [5, 5.41) is 0. The topological polar surface area (TPSA) is 78.9 Å². The predicted molar refractivity (Wildman–Crippen MR) is 142 cm³/mol. The summed E-state index contributed by atoms with van der Waals surface area (Å²) < 4.78 is 14.8. The Labute approximate surface area is 216 Å². The lowest BCUT2D eigenvalue weighted by molar-refractivity contribution is -0.152. The van der Waals surface area contributed by atoms with E-state index in [0.29, 0.717) is 34.7 Å². The van der Waals surface area contributed by atoms with Crippen LogP contribution in [0.4, 0.5) is 0 Å². The third-order valence-electron chi connectivity index (χ3n) is 7.41. The van der Waals surface area contributed by atoms with Crippen molar-refractivity contribution in [1.82, 2.24) is 0 Å². The SMILES string of the molecule is C=C(C)C(=O)OC.C=C(C)C(=O)OC1CC2CCC1(C)C2(C)C.C=C(C)C(=O)OCc1ccccc1. The molecule has 2 fully saturated rings. The van der Waals surface area contributed by atoms with Crippen molar-refractivity contribution in [3.63, 3.8) is 0 Å². The lowest BCUT2D eigenvalue weighted by atomic mass is 9.70. The molecule has 0 N–H and O–H groups in total. The maximum Gasteiger partial charge on any atom is 0.333 e. The number of carbonyl (C=O) groups excluding carboxylic acids is 3. The molecule has 3 unspecified atom stereocenters. The zero-order valence-electron chi connectivity index (χ0n) is 22.9. The maximum atomic E-state index is 11.6. The van der Waals surface area contributed by atoms with E-state index in [2.05, 4.69) is 45.2 Å². The van der Waals surface area contributed by atoms with Gasteiger partial charge in [0.15, 0.2) is 0 Å². The van der Waals surface area contributed by atoms with Gasteiger partial charge in [0.2, 0.25) is 0 Å². The molecular weight excluding hydrogens is 456 g/mol. The molecule has 36 heavy (non-hydrogen) atoms. The molecule has 2 bridgehead atoms. The van der Waals surface area contributed by atoms with E-state index >= 15 is 0 Å². The van der Waals surface area contributed by atoms with Gasteiger partial charge >= 0.3 is 17.9 Å². The lowest BCUT2D eigenvalue weighted by Crippen LogP contribution is -2.38. The van der Waals surface area contributed by atoms with Gasteiger partial charge in [-0.1, -0.05) is 70.8 Å². The highest BCUT2D eigenvalue weighted by molar-refractivity contribution is 5.87. The first-order chi connectivity index (χ1) is 16.7. The molecule has 2 aliphatic rings. The summed E-state index contributed by atoms with van der Waals surface area (Å²) in [6, 6.07) is 9.55. The number of carbonyl (C=O) groups is 3. The molecule has 0 aromatic heterocycles. The molecule has 0 heterocycles. The van der Waals surface area contributed by atoms with Gasteiger partial charge < -0.3 is 14.2 Å². The van der Waals surface area contributed by atoms with Crippen LogP contribution in [0.3, 0.4) is 0 Å². The third-order valence-corrected chi connectivity index (χ3v) is 7.41. The van der Waals surface area contributed by atoms with E-state index in [1.165, 1.54) is 20.0 Å². The molecule has 6 heteroatoms. The quantitative estimate of drug-likeness (QED) is 0.258. The van der Waals surface area contributed by atoms with Crippen molar-refractivity contribution in [1.29, 1.82) is 0 Å². The minimum Gasteiger partial charge on any atom is -0.466 e. The summed E-state index contributed by atoms with van der Waals surface area (Å²) in [7, 11) is 1.33. The van der Waals surface area contributed by atoms with E-state index in [4.69, 9.17) is 9.47 Å². The highest BCUT2D eigenvalue weighted by Gasteiger charge is 2.62. The van der Waals surface area contributed by atoms with Crippen molar-refractivity contribution in [2.24, 2.45) is 16.7 Å². The van der Waals surface area contributed by atoms with Crippen molar-refractivity contribution in [2.45, 2.75) is 73.5 Å². The molecule has 0 saturated heterocycles. The van der Waals surface area contributed by atoms with E-state index < -0.39 is 0 Å². The molecule has 2 saturated carbocycles. The summed E-state index contributed by atoms with van der Waals surface area (Å²) in [6.07, 6.45) is 3.58. The highest BCUT2D eigenvalue weighted by Crippen LogP contribution is 2.66. The first-order valence-electron chi connectivity index (χ1n) is 12.1. The van der Waals surface area contributed by atoms with Crippen LogP contribution < -0.4 is 0 Å². The Bertz CT molecular complexity index is 974. The van der Waals surface area contributed by atoms with E-state index in [0.717, 1.165) is 12.0 Å². The van der Waals surface area contributed by atoms with Gasteiger partial charge in [0, 0.05) is 22.1 Å². The second-order valence-electron chi connectivity index (χ2n) is 10.4. The molecule has 1 aromatic rings. The van der Waals surface area contributed by atoms with E-state index in [-0.39, 0.29) is 29.4 Å². The zero-order chi connectivity index (χ0) is 27.7. The minimum atomic E-state index is -0.347. The normalized spacial score (nSPS) is 22.5. The van der Waals surface area contributed by atoms with E-state index in [1.807, 2.05) is 30.3 Å². The second-order valence-corrected chi connectivity index (χ2v) is 10.4. The van der Waals surface area contributed by atoms with Crippen molar-refractivity contribution in [2.75, 3.05) is 7.11 Å². The maximum absolute atomic E-state index is 11.6.